The summed E-state index contributed by atoms with van der Waals surface area (Å²) >= 11 is 0. The van der Waals surface area contributed by atoms with Gasteiger partial charge >= 0.3 is 5.97 Å². The van der Waals surface area contributed by atoms with Crippen LogP contribution in [0.1, 0.15) is 35.6 Å². The van der Waals surface area contributed by atoms with Gasteiger partial charge in [0, 0.05) is 12.1 Å². The molecule has 0 aromatic heterocycles. The van der Waals surface area contributed by atoms with Crippen LogP contribution in [0.15, 0.2) is 12.1 Å². The Kier molecular flexibility index (Phi) is 5.39. The number of carbonyl (C=O) groups is 1. The Bertz CT molecular complexity index is 510. The first-order chi connectivity index (χ1) is 9.03. The number of halogens is 2. The van der Waals surface area contributed by atoms with Crippen LogP contribution in [0.3, 0.4) is 0 Å². The zero-order chi connectivity index (χ0) is 14.4. The number of ether oxygens (including phenoxy) is 1. The maximum Gasteiger partial charge on any atom is 0.310 e. The predicted octanol–water partition coefficient (Wildman–Crippen LogP) is 2.06. The first-order valence-electron chi connectivity index (χ1n) is 5.73. The van der Waals surface area contributed by atoms with E-state index in [-0.39, 0.29) is 30.7 Å². The summed E-state index contributed by atoms with van der Waals surface area (Å²) < 4.78 is 30.1. The van der Waals surface area contributed by atoms with Gasteiger partial charge in [0.1, 0.15) is 0 Å². The van der Waals surface area contributed by atoms with Crippen molar-refractivity contribution < 1.29 is 18.3 Å². The number of hydrogen-bond donors (Lipinski definition) is 1. The van der Waals surface area contributed by atoms with Crippen LogP contribution in [0.2, 0.25) is 0 Å². The summed E-state index contributed by atoms with van der Waals surface area (Å²) in [6, 6.07) is 4.12. The molecule has 0 aliphatic carbocycles. The Morgan fingerprint density at radius 2 is 2.21 bits per heavy atom. The Balaban J connectivity index is 3.22. The lowest BCUT2D eigenvalue weighted by atomic mass is 9.96. The molecule has 0 bridgehead atoms. The molecule has 0 saturated carbocycles. The van der Waals surface area contributed by atoms with E-state index < -0.39 is 12.4 Å². The molecule has 0 fully saturated rings. The van der Waals surface area contributed by atoms with E-state index >= 15 is 0 Å². The third kappa shape index (κ3) is 3.73. The number of nitrogens with zero attached hydrogens (tertiary/aromatic N) is 1. The summed E-state index contributed by atoms with van der Waals surface area (Å²) in [4.78, 5) is 11.4. The molecule has 0 heterocycles. The fourth-order valence-electron chi connectivity index (χ4n) is 1.73. The number of carbonyl (C=O) groups excluding carboxylic acids is 1. The number of esters is 1. The second-order valence-electron chi connectivity index (χ2n) is 3.80. The Hall–Kier alpha value is -2.00. The highest BCUT2D eigenvalue weighted by atomic mass is 19.3. The summed E-state index contributed by atoms with van der Waals surface area (Å²) in [6.07, 6.45) is -2.83. The van der Waals surface area contributed by atoms with Crippen LogP contribution >= 0.6 is 0 Å². The van der Waals surface area contributed by atoms with Gasteiger partial charge in [0.2, 0.25) is 0 Å². The maximum atomic E-state index is 12.7. The smallest absolute Gasteiger partial charge is 0.310 e. The van der Waals surface area contributed by atoms with Crippen LogP contribution in [-0.4, -0.2) is 12.6 Å². The molecule has 1 aromatic carbocycles. The van der Waals surface area contributed by atoms with E-state index in [0.29, 0.717) is 11.1 Å². The molecule has 0 aliphatic heterocycles. The van der Waals surface area contributed by atoms with Crippen molar-refractivity contribution in [3.8, 4) is 6.07 Å². The number of alkyl halides is 2. The van der Waals surface area contributed by atoms with Crippen molar-refractivity contribution in [3.63, 3.8) is 0 Å². The van der Waals surface area contributed by atoms with Crippen LogP contribution in [0, 0.1) is 11.3 Å². The highest BCUT2D eigenvalue weighted by Gasteiger charge is 2.17. The number of rotatable bonds is 5. The fourth-order valence-corrected chi connectivity index (χ4v) is 1.73. The molecule has 0 aliphatic rings. The van der Waals surface area contributed by atoms with Crippen LogP contribution in [0.5, 0.6) is 0 Å². The zero-order valence-electron chi connectivity index (χ0n) is 10.5. The predicted molar refractivity (Wildman–Crippen MR) is 64.3 cm³/mol. The van der Waals surface area contributed by atoms with E-state index in [9.17, 15) is 13.6 Å². The lowest BCUT2D eigenvalue weighted by Gasteiger charge is -2.12. The van der Waals surface area contributed by atoms with Gasteiger partial charge in [-0.25, -0.2) is 8.78 Å². The van der Waals surface area contributed by atoms with Crippen LogP contribution in [0.25, 0.3) is 0 Å². The molecule has 2 N–H and O–H groups in total. The fraction of sp³-hybridized carbons (Fsp3) is 0.385. The van der Waals surface area contributed by atoms with Gasteiger partial charge in [-0.05, 0) is 30.2 Å². The first-order valence-corrected chi connectivity index (χ1v) is 5.73. The number of hydrogen-bond acceptors (Lipinski definition) is 4. The minimum absolute atomic E-state index is 0.0238. The zero-order valence-corrected chi connectivity index (χ0v) is 10.5. The van der Waals surface area contributed by atoms with Crippen molar-refractivity contribution in [3.05, 3.63) is 34.4 Å². The van der Waals surface area contributed by atoms with Gasteiger partial charge in [-0.3, -0.25) is 4.79 Å². The minimum Gasteiger partial charge on any atom is -0.466 e. The van der Waals surface area contributed by atoms with Gasteiger partial charge in [0.05, 0.1) is 24.7 Å². The molecule has 0 unspecified atom stereocenters. The largest absolute Gasteiger partial charge is 0.466 e. The molecular weight excluding hydrogens is 254 g/mol. The van der Waals surface area contributed by atoms with Gasteiger partial charge in [0.25, 0.3) is 6.43 Å². The lowest BCUT2D eigenvalue weighted by molar-refractivity contribution is -0.142. The molecule has 0 saturated heterocycles. The minimum atomic E-state index is -2.69. The molecule has 0 amide bonds. The number of nitriles is 1. The molecule has 1 aromatic rings. The monoisotopic (exact) mass is 268 g/mol. The van der Waals surface area contributed by atoms with Gasteiger partial charge in [0.15, 0.2) is 0 Å². The highest BCUT2D eigenvalue weighted by molar-refractivity contribution is 5.74. The highest BCUT2D eigenvalue weighted by Crippen LogP contribution is 2.25. The van der Waals surface area contributed by atoms with Crippen LogP contribution < -0.4 is 5.73 Å². The summed E-state index contributed by atoms with van der Waals surface area (Å²) in [6.45, 7) is 1.85. The summed E-state index contributed by atoms with van der Waals surface area (Å²) in [5.74, 6) is -0.515. The summed E-state index contributed by atoms with van der Waals surface area (Å²) in [7, 11) is 0. The standard InChI is InChI=1S/C13H14F2N2O2/c1-2-19-12(18)5-11-9(6-16)3-8(13(14)15)4-10(11)7-17/h3-4,13H,2,5-6,16H2,1H3. The molecule has 0 radical (unpaired) electrons. The van der Waals surface area contributed by atoms with Gasteiger partial charge in [-0.15, -0.1) is 0 Å². The van der Waals surface area contributed by atoms with Crippen molar-refractivity contribution in [1.82, 2.24) is 0 Å². The third-order valence-corrected chi connectivity index (χ3v) is 2.58. The normalized spacial score (nSPS) is 10.3. The van der Waals surface area contributed by atoms with E-state index in [4.69, 9.17) is 15.7 Å². The number of benzene rings is 1. The van der Waals surface area contributed by atoms with E-state index in [0.717, 1.165) is 6.07 Å². The van der Waals surface area contributed by atoms with E-state index in [1.165, 1.54) is 6.07 Å². The maximum absolute atomic E-state index is 12.7. The summed E-state index contributed by atoms with van der Waals surface area (Å²) in [5, 5.41) is 9.00. The summed E-state index contributed by atoms with van der Waals surface area (Å²) in [5.41, 5.74) is 5.96. The van der Waals surface area contributed by atoms with E-state index in [2.05, 4.69) is 0 Å². The molecule has 0 atom stereocenters. The Morgan fingerprint density at radius 3 is 2.68 bits per heavy atom. The average molecular weight is 268 g/mol. The van der Waals surface area contributed by atoms with Crippen LogP contribution in [-0.2, 0) is 22.5 Å². The molecule has 6 heteroatoms. The average Bonchev–Trinajstić information content (AvgIpc) is 2.38. The topological polar surface area (TPSA) is 76.1 Å². The van der Waals surface area contributed by atoms with Crippen molar-refractivity contribution in [2.45, 2.75) is 26.3 Å². The lowest BCUT2D eigenvalue weighted by Crippen LogP contribution is -2.13. The molecular formula is C13H14F2N2O2. The van der Waals surface area contributed by atoms with Crippen molar-refractivity contribution in [1.29, 1.82) is 5.26 Å². The Morgan fingerprint density at radius 1 is 1.53 bits per heavy atom. The van der Waals surface area contributed by atoms with Crippen LogP contribution in [0.4, 0.5) is 8.78 Å². The second kappa shape index (κ2) is 6.81. The van der Waals surface area contributed by atoms with Crippen molar-refractivity contribution in [2.24, 2.45) is 5.73 Å². The SMILES string of the molecule is CCOC(=O)Cc1c(C#N)cc(C(F)F)cc1CN. The molecule has 19 heavy (non-hydrogen) atoms. The third-order valence-electron chi connectivity index (χ3n) is 2.58. The van der Waals surface area contributed by atoms with Gasteiger partial charge in [-0.2, -0.15) is 5.26 Å². The Labute approximate surface area is 109 Å². The van der Waals surface area contributed by atoms with Gasteiger partial charge < -0.3 is 10.5 Å². The molecule has 1 rings (SSSR count). The van der Waals surface area contributed by atoms with Crippen molar-refractivity contribution >= 4 is 5.97 Å². The van der Waals surface area contributed by atoms with E-state index in [1.807, 2.05) is 6.07 Å². The quantitative estimate of drug-likeness (QED) is 0.829. The first kappa shape index (κ1) is 15.1. The van der Waals surface area contributed by atoms with Crippen molar-refractivity contribution in [2.75, 3.05) is 6.61 Å². The second-order valence-corrected chi connectivity index (χ2v) is 3.80. The molecule has 4 nitrogen and oxygen atoms in total. The van der Waals surface area contributed by atoms with E-state index in [1.54, 1.807) is 6.92 Å². The van der Waals surface area contributed by atoms with Gasteiger partial charge in [-0.1, -0.05) is 0 Å². The molecule has 0 spiro atoms. The number of nitrogens with two attached hydrogens (primary N) is 1. The molecule has 102 valence electrons.